The Balaban J connectivity index is 1.31. The lowest BCUT2D eigenvalue weighted by Crippen LogP contribution is -2.65. The third-order valence-electron chi connectivity index (χ3n) is 23.8. The number of carbonyl (C=O) groups excluding carboxylic acids is 12. The van der Waals surface area contributed by atoms with E-state index in [1.165, 1.54) is 90.7 Å². The highest BCUT2D eigenvalue weighted by Gasteiger charge is 2.55. The highest BCUT2D eigenvalue weighted by molar-refractivity contribution is 6.01. The monoisotopic (exact) mass is 1470 g/mol. The molecule has 3 aliphatic heterocycles. The van der Waals surface area contributed by atoms with Crippen LogP contribution in [0, 0.1) is 47.3 Å². The summed E-state index contributed by atoms with van der Waals surface area (Å²) in [4.78, 5) is 192. The van der Waals surface area contributed by atoms with E-state index in [2.05, 4.69) is 22.9 Å². The molecule has 1 spiro atoms. The molecule has 24 nitrogen and oxygen atoms in total. The maximum atomic E-state index is 15.7. The molecule has 0 aromatic carbocycles. The zero-order chi connectivity index (χ0) is 77.1. The van der Waals surface area contributed by atoms with Crippen molar-refractivity contribution >= 4 is 70.9 Å². The molecule has 0 aromatic rings. The smallest absolute Gasteiger partial charge is 0.347 e. The second kappa shape index (κ2) is 36.6. The highest BCUT2D eigenvalue weighted by atomic mass is 19.4. The molecule has 12 amide bonds. The van der Waals surface area contributed by atoms with Crippen molar-refractivity contribution in [2.75, 3.05) is 82.6 Å². The summed E-state index contributed by atoms with van der Waals surface area (Å²) in [6.45, 7) is 9.94. The van der Waals surface area contributed by atoms with Crippen LogP contribution in [0.4, 0.5) is 22.0 Å². The van der Waals surface area contributed by atoms with Crippen molar-refractivity contribution < 1.29 is 79.5 Å². The van der Waals surface area contributed by atoms with Gasteiger partial charge in [-0.3, -0.25) is 57.5 Å². The summed E-state index contributed by atoms with van der Waals surface area (Å²) in [7, 11) is 11.4. The molecule has 2 unspecified atom stereocenters. The minimum atomic E-state index is -5.16. The molecule has 2 saturated heterocycles. The summed E-state index contributed by atoms with van der Waals surface area (Å²) in [5.41, 5.74) is -1.63. The van der Waals surface area contributed by atoms with Crippen molar-refractivity contribution in [3.63, 3.8) is 0 Å². The first-order valence-electron chi connectivity index (χ1n) is 38.1. The zero-order valence-electron chi connectivity index (χ0n) is 64.0. The van der Waals surface area contributed by atoms with Crippen LogP contribution in [-0.2, 0) is 57.5 Å². The van der Waals surface area contributed by atoms with Crippen LogP contribution >= 0.6 is 0 Å². The predicted molar refractivity (Wildman–Crippen MR) is 379 cm³/mol. The Morgan fingerprint density at radius 2 is 1.25 bits per heavy atom. The van der Waals surface area contributed by atoms with Crippen LogP contribution < -0.4 is 16.0 Å². The van der Waals surface area contributed by atoms with Gasteiger partial charge in [-0.1, -0.05) is 111 Å². The molecule has 586 valence electrons. The van der Waals surface area contributed by atoms with Crippen molar-refractivity contribution in [3.05, 3.63) is 12.2 Å². The van der Waals surface area contributed by atoms with E-state index < -0.39 is 199 Å². The molecule has 0 aromatic heterocycles. The first-order chi connectivity index (χ1) is 48.8. The van der Waals surface area contributed by atoms with Gasteiger partial charge in [0.25, 0.3) is 0 Å². The Morgan fingerprint density at radius 3 is 1.84 bits per heavy atom. The molecule has 3 heterocycles. The summed E-state index contributed by atoms with van der Waals surface area (Å²) in [5.74, 6) is -13.2. The van der Waals surface area contributed by atoms with Crippen LogP contribution in [0.1, 0.15) is 189 Å². The maximum Gasteiger partial charge on any atom is 0.397 e. The standard InChI is InChI=1S/C75H119F5N12O12/c1-15-47(6)63-71(102)86(10)43-61(95)87(11)54-25-17-16-22-34-91(70(54)101)58(39-48-28-26-45(4)27-29-48)69(100)85(9)42-59(93)81-53(31-30-49-37-51(76)62(52(77)38-49)75(78,79)80)67(98)92-41-46(5)36-56(92)66(97)83-74(32-20-21-33-74)73(104)90(14)64(50-23-18-19-24-50)72(103)89(13)57(68(99)84(7)8)40-60(94)88(12)55(35-44(2)3)65(96)82-63/h16-17,44-58,62-64H,15,18-43H2,1-14H3,(H,81,93)(H,82,96)(H,83,97)/b17-16-/t45?,46-,47+,48?,49?,51?,52?,53+,54+,55+,56+,57+,58+,62?,63+,64+/m1/s1. The number of halogens is 5. The highest BCUT2D eigenvalue weighted by Crippen LogP contribution is 2.45. The van der Waals surface area contributed by atoms with Crippen LogP contribution in [0.3, 0.4) is 0 Å². The van der Waals surface area contributed by atoms with Crippen molar-refractivity contribution in [2.45, 2.75) is 262 Å². The van der Waals surface area contributed by atoms with Gasteiger partial charge >= 0.3 is 6.18 Å². The van der Waals surface area contributed by atoms with Gasteiger partial charge in [0, 0.05) is 69.5 Å². The van der Waals surface area contributed by atoms with Crippen molar-refractivity contribution in [2.24, 2.45) is 47.3 Å². The number of alkyl halides is 5. The van der Waals surface area contributed by atoms with E-state index in [0.29, 0.717) is 57.3 Å². The van der Waals surface area contributed by atoms with Gasteiger partial charge in [-0.05, 0) is 125 Å². The predicted octanol–water partition coefficient (Wildman–Crippen LogP) is 6.43. The van der Waals surface area contributed by atoms with Crippen LogP contribution in [0.2, 0.25) is 0 Å². The first kappa shape index (κ1) is 84.3. The van der Waals surface area contributed by atoms with Crippen molar-refractivity contribution in [1.29, 1.82) is 0 Å². The molecule has 29 heteroatoms. The molecular formula is C75H119F5N12O12. The van der Waals surface area contributed by atoms with E-state index in [0.717, 1.165) is 35.5 Å². The summed E-state index contributed by atoms with van der Waals surface area (Å²) >= 11 is 0. The van der Waals surface area contributed by atoms with Gasteiger partial charge in [0.05, 0.1) is 19.5 Å². The van der Waals surface area contributed by atoms with Crippen LogP contribution in [0.15, 0.2) is 12.2 Å². The third kappa shape index (κ3) is 20.4. The molecule has 4 aliphatic carbocycles. The number of hydrogen-bond donors (Lipinski definition) is 3. The minimum absolute atomic E-state index is 0.0216. The molecule has 7 rings (SSSR count). The van der Waals surface area contributed by atoms with Gasteiger partial charge in [0.15, 0.2) is 0 Å². The molecule has 3 N–H and O–H groups in total. The number of carbonyl (C=O) groups is 12. The number of nitrogens with one attached hydrogen (secondary N) is 3. The van der Waals surface area contributed by atoms with Crippen LogP contribution in [0.25, 0.3) is 0 Å². The zero-order valence-corrected chi connectivity index (χ0v) is 64.0. The SMILES string of the molecule is CC[C@H](C)[C@@H]1NC(=O)[C@H](CC(C)C)N(C)C(=O)C[C@@H](C(=O)N(C)C)N(C)C(=O)[C@H](C2CCCC2)N(C)C(=O)C2(CCCC2)NC(=O)[C@@H]2C[C@@H](C)CN2C(=O)[C@H](CCC2CC(F)C(C(F)(F)F)C(F)C2)NC(=O)CN(C)C(=O)[C@H](CC2CCC(C)CC2)N2CC/C=C\C[C@@H](C2=O)N(C)C(=O)CN(C)C1=O. The third-order valence-corrected chi connectivity index (χ3v) is 23.8. The Kier molecular flexibility index (Phi) is 29.6. The lowest BCUT2D eigenvalue weighted by atomic mass is 9.76. The number of hydrogen-bond acceptors (Lipinski definition) is 12. The number of nitrogens with zero attached hydrogens (tertiary/aromatic N) is 9. The average molecular weight is 1480 g/mol. The molecule has 104 heavy (non-hydrogen) atoms. The minimum Gasteiger partial charge on any atom is -0.347 e. The summed E-state index contributed by atoms with van der Waals surface area (Å²) in [6.07, 6.45) is -1.37. The van der Waals surface area contributed by atoms with E-state index in [4.69, 9.17) is 0 Å². The quantitative estimate of drug-likeness (QED) is 0.149. The fourth-order valence-corrected chi connectivity index (χ4v) is 17.2. The van der Waals surface area contributed by atoms with Gasteiger partial charge in [-0.15, -0.1) is 0 Å². The molecule has 7 aliphatic rings. The van der Waals surface area contributed by atoms with Gasteiger partial charge in [-0.25, -0.2) is 8.78 Å². The topological polar surface area (TPSA) is 270 Å². The Labute approximate surface area is 611 Å². The van der Waals surface area contributed by atoms with Crippen molar-refractivity contribution in [3.8, 4) is 0 Å². The molecule has 4 saturated carbocycles. The Hall–Kier alpha value is -6.97. The molecule has 12 atom stereocenters. The number of fused-ring (bicyclic) bond motifs is 3. The Morgan fingerprint density at radius 1 is 0.635 bits per heavy atom. The molecular weight excluding hydrogens is 1360 g/mol. The van der Waals surface area contributed by atoms with Gasteiger partial charge in [-0.2, -0.15) is 13.2 Å². The lowest BCUT2D eigenvalue weighted by Gasteiger charge is -2.42. The fraction of sp³-hybridized carbons (Fsp3) is 0.813. The van der Waals surface area contributed by atoms with Gasteiger partial charge in [0.1, 0.15) is 72.1 Å². The lowest BCUT2D eigenvalue weighted by molar-refractivity contribution is -0.219. The normalized spacial score (nSPS) is 32.7. The van der Waals surface area contributed by atoms with E-state index >= 15 is 37.5 Å². The number of amides is 12. The second-order valence-electron chi connectivity index (χ2n) is 32.4. The summed E-state index contributed by atoms with van der Waals surface area (Å²) < 4.78 is 72.7. The first-order valence-corrected chi connectivity index (χ1v) is 38.1. The van der Waals surface area contributed by atoms with Gasteiger partial charge in [0.2, 0.25) is 70.9 Å². The van der Waals surface area contributed by atoms with E-state index in [1.54, 1.807) is 19.9 Å². The maximum absolute atomic E-state index is 15.7. The van der Waals surface area contributed by atoms with Crippen LogP contribution in [0.5, 0.6) is 0 Å². The van der Waals surface area contributed by atoms with Crippen molar-refractivity contribution in [1.82, 2.24) is 60.0 Å². The summed E-state index contributed by atoms with van der Waals surface area (Å²) in [5, 5.41) is 8.69. The van der Waals surface area contributed by atoms with E-state index in [9.17, 15) is 41.9 Å². The molecule has 0 radical (unpaired) electrons. The van der Waals surface area contributed by atoms with Gasteiger partial charge < -0.3 is 60.0 Å². The largest absolute Gasteiger partial charge is 0.397 e. The molecule has 6 fully saturated rings. The molecule has 2 bridgehead atoms. The average Bonchev–Trinajstić information content (AvgIpc) is 1.54. The van der Waals surface area contributed by atoms with Crippen LogP contribution in [-0.4, -0.2) is 270 Å². The fourth-order valence-electron chi connectivity index (χ4n) is 17.2. The Bertz CT molecular complexity index is 3090. The second-order valence-corrected chi connectivity index (χ2v) is 32.4. The number of likely N-dealkylation sites (N-methyl/N-ethyl adjacent to an activating group) is 7. The van der Waals surface area contributed by atoms with E-state index in [-0.39, 0.29) is 82.2 Å². The van der Waals surface area contributed by atoms with E-state index in [1.807, 2.05) is 26.8 Å². The number of rotatable bonds is 11. The summed E-state index contributed by atoms with van der Waals surface area (Å²) in [6, 6.07) is -10.4.